The Morgan fingerprint density at radius 2 is 1.15 bits per heavy atom. The third kappa shape index (κ3) is 2.75. The molecule has 196 valence electrons. The van der Waals surface area contributed by atoms with Crippen LogP contribution in [-0.4, -0.2) is 14.8 Å². The SMILES string of the molecule is C[Si]1(C)c2ccccc2N(c2cc3c4c(c2)Oc2c(ccc5c2CC5)B4c2ccc4c(c2O3)CC4)c2ccccc21. The van der Waals surface area contributed by atoms with E-state index in [1.165, 1.54) is 60.4 Å². The van der Waals surface area contributed by atoms with Crippen LogP contribution in [0.1, 0.15) is 22.3 Å². The molecule has 0 atom stereocenters. The summed E-state index contributed by atoms with van der Waals surface area (Å²) in [6.45, 7) is 5.07. The summed E-state index contributed by atoms with van der Waals surface area (Å²) in [5.74, 6) is 4.03. The third-order valence-electron chi connectivity index (χ3n) is 10.4. The van der Waals surface area contributed by atoms with Crippen LogP contribution < -0.4 is 41.1 Å². The van der Waals surface area contributed by atoms with E-state index in [0.717, 1.165) is 54.4 Å². The molecule has 0 unspecified atom stereocenters. The van der Waals surface area contributed by atoms with E-state index in [0.29, 0.717) is 0 Å². The van der Waals surface area contributed by atoms with Crippen molar-refractivity contribution in [3.05, 3.63) is 107 Å². The molecule has 0 amide bonds. The van der Waals surface area contributed by atoms with Crippen LogP contribution in [0.4, 0.5) is 17.1 Å². The number of fused-ring (bicyclic) bond motifs is 10. The van der Waals surface area contributed by atoms with Gasteiger partial charge in [-0.2, -0.15) is 0 Å². The van der Waals surface area contributed by atoms with E-state index in [1.807, 2.05) is 0 Å². The highest BCUT2D eigenvalue weighted by atomic mass is 28.3. The third-order valence-corrected chi connectivity index (χ3v) is 13.9. The van der Waals surface area contributed by atoms with Gasteiger partial charge in [0, 0.05) is 29.0 Å². The number of benzene rings is 5. The Kier molecular flexibility index (Phi) is 4.13. The predicted molar refractivity (Wildman–Crippen MR) is 170 cm³/mol. The van der Waals surface area contributed by atoms with Crippen LogP contribution in [0, 0.1) is 0 Å². The molecule has 5 heteroatoms. The van der Waals surface area contributed by atoms with Crippen molar-refractivity contribution < 1.29 is 9.47 Å². The number of hydrogen-bond acceptors (Lipinski definition) is 3. The quantitative estimate of drug-likeness (QED) is 0.264. The summed E-state index contributed by atoms with van der Waals surface area (Å²) >= 11 is 0. The van der Waals surface area contributed by atoms with E-state index in [1.54, 1.807) is 0 Å². The van der Waals surface area contributed by atoms with Gasteiger partial charge in [-0.05, 0) is 81.4 Å². The maximum atomic E-state index is 6.92. The normalized spacial score (nSPS) is 17.1. The molecule has 0 saturated heterocycles. The van der Waals surface area contributed by atoms with Gasteiger partial charge in [-0.15, -0.1) is 0 Å². The van der Waals surface area contributed by atoms with Crippen LogP contribution in [0.25, 0.3) is 0 Å². The molecule has 0 spiro atoms. The molecular weight excluding hydrogens is 517 g/mol. The van der Waals surface area contributed by atoms with Gasteiger partial charge in [0.05, 0.1) is 5.69 Å². The van der Waals surface area contributed by atoms with Gasteiger partial charge >= 0.3 is 0 Å². The summed E-state index contributed by atoms with van der Waals surface area (Å²) in [6.07, 6.45) is 4.46. The van der Waals surface area contributed by atoms with E-state index in [9.17, 15) is 0 Å². The Bertz CT molecular complexity index is 1880. The van der Waals surface area contributed by atoms with Crippen LogP contribution in [-0.2, 0) is 25.7 Å². The average Bonchev–Trinajstić information content (AvgIpc) is 2.93. The second-order valence-electron chi connectivity index (χ2n) is 12.7. The molecule has 0 radical (unpaired) electrons. The molecule has 2 aliphatic carbocycles. The zero-order chi connectivity index (χ0) is 27.0. The first-order valence-electron chi connectivity index (χ1n) is 14.9. The molecule has 0 N–H and O–H groups in total. The minimum Gasteiger partial charge on any atom is -0.458 e. The fraction of sp³-hybridized carbons (Fsp3) is 0.167. The van der Waals surface area contributed by atoms with Crippen LogP contribution in [0.3, 0.4) is 0 Å². The number of para-hydroxylation sites is 2. The van der Waals surface area contributed by atoms with E-state index >= 15 is 0 Å². The van der Waals surface area contributed by atoms with Crippen LogP contribution in [0.2, 0.25) is 13.1 Å². The molecule has 3 heterocycles. The van der Waals surface area contributed by atoms with Crippen molar-refractivity contribution in [1.29, 1.82) is 0 Å². The maximum absolute atomic E-state index is 6.92. The lowest BCUT2D eigenvalue weighted by Crippen LogP contribution is -2.59. The summed E-state index contributed by atoms with van der Waals surface area (Å²) < 4.78 is 13.8. The summed E-state index contributed by atoms with van der Waals surface area (Å²) in [7, 11) is -1.87. The van der Waals surface area contributed by atoms with Gasteiger partial charge in [0.1, 0.15) is 31.1 Å². The van der Waals surface area contributed by atoms with Gasteiger partial charge in [0.2, 0.25) is 0 Å². The predicted octanol–water partition coefficient (Wildman–Crippen LogP) is 5.22. The highest BCUT2D eigenvalue weighted by Gasteiger charge is 2.45. The number of rotatable bonds is 1. The Morgan fingerprint density at radius 1 is 0.634 bits per heavy atom. The van der Waals surface area contributed by atoms with Crippen LogP contribution in [0.5, 0.6) is 23.0 Å². The molecule has 0 bridgehead atoms. The molecular formula is C36H28BNO2Si. The first-order valence-corrected chi connectivity index (χ1v) is 17.9. The second kappa shape index (κ2) is 7.54. The van der Waals surface area contributed by atoms with Gasteiger partial charge in [-0.3, -0.25) is 0 Å². The minimum atomic E-state index is -1.87. The van der Waals surface area contributed by atoms with E-state index < -0.39 is 8.07 Å². The number of anilines is 3. The molecule has 5 aromatic rings. The molecule has 10 rings (SSSR count). The number of hydrogen-bond donors (Lipinski definition) is 0. The van der Waals surface area contributed by atoms with Crippen molar-refractivity contribution in [1.82, 2.24) is 0 Å². The fourth-order valence-corrected chi connectivity index (χ4v) is 11.1. The first kappa shape index (κ1) is 22.5. The molecule has 3 nitrogen and oxygen atoms in total. The number of aryl methyl sites for hydroxylation is 2. The summed E-state index contributed by atoms with van der Waals surface area (Å²) in [5, 5.41) is 2.92. The van der Waals surface area contributed by atoms with Gasteiger partial charge in [0.15, 0.2) is 0 Å². The van der Waals surface area contributed by atoms with Crippen LogP contribution in [0.15, 0.2) is 84.9 Å². The lowest BCUT2D eigenvalue weighted by atomic mass is 9.34. The summed E-state index contributed by atoms with van der Waals surface area (Å²) in [6, 6.07) is 31.8. The van der Waals surface area contributed by atoms with Gasteiger partial charge in [0.25, 0.3) is 6.71 Å². The molecule has 5 aromatic carbocycles. The molecule has 3 aliphatic heterocycles. The first-order chi connectivity index (χ1) is 20.1. The lowest BCUT2D eigenvalue weighted by Gasteiger charge is -2.42. The van der Waals surface area contributed by atoms with Gasteiger partial charge < -0.3 is 14.4 Å². The van der Waals surface area contributed by atoms with Gasteiger partial charge in [-0.1, -0.05) is 73.8 Å². The summed E-state index contributed by atoms with van der Waals surface area (Å²) in [4.78, 5) is 2.44. The standard InChI is InChI=1S/C36H28BNO2Si/c1-41(2)32-9-5-3-7-28(32)38(29-8-4-6-10-33(29)41)23-19-30-34-31(20-23)40-36-25-16-12-22(25)14-18-27(36)37(34)26-17-13-21-11-15-24(21)35(26)39-30/h3-10,13-14,17-20H,11-12,15-16H2,1-2H3. The van der Waals surface area contributed by atoms with Crippen molar-refractivity contribution in [2.45, 2.75) is 38.8 Å². The highest BCUT2D eigenvalue weighted by Crippen LogP contribution is 2.46. The monoisotopic (exact) mass is 545 g/mol. The van der Waals surface area contributed by atoms with Crippen molar-refractivity contribution in [2.75, 3.05) is 4.90 Å². The van der Waals surface area contributed by atoms with Crippen molar-refractivity contribution in [3.8, 4) is 23.0 Å². The van der Waals surface area contributed by atoms with Crippen LogP contribution >= 0.6 is 0 Å². The topological polar surface area (TPSA) is 21.7 Å². The zero-order valence-corrected chi connectivity index (χ0v) is 24.3. The second-order valence-corrected chi connectivity index (χ2v) is 17.1. The molecule has 0 fully saturated rings. The smallest absolute Gasteiger partial charge is 0.260 e. The maximum Gasteiger partial charge on any atom is 0.260 e. The Balaban J connectivity index is 1.25. The largest absolute Gasteiger partial charge is 0.458 e. The Hall–Kier alpha value is -4.22. The lowest BCUT2D eigenvalue weighted by molar-refractivity contribution is 0.453. The van der Waals surface area contributed by atoms with Gasteiger partial charge in [-0.25, -0.2) is 0 Å². The molecule has 0 aromatic heterocycles. The average molecular weight is 546 g/mol. The van der Waals surface area contributed by atoms with E-state index in [2.05, 4.69) is 103 Å². The Morgan fingerprint density at radius 3 is 1.63 bits per heavy atom. The van der Waals surface area contributed by atoms with Crippen molar-refractivity contribution in [3.63, 3.8) is 0 Å². The summed E-state index contributed by atoms with van der Waals surface area (Å²) in [5.41, 5.74) is 13.0. The van der Waals surface area contributed by atoms with Crippen molar-refractivity contribution in [2.24, 2.45) is 0 Å². The molecule has 5 aliphatic rings. The molecule has 0 saturated carbocycles. The Labute approximate surface area is 241 Å². The van der Waals surface area contributed by atoms with Crippen molar-refractivity contribution >= 4 is 58.6 Å². The minimum absolute atomic E-state index is 0.130. The highest BCUT2D eigenvalue weighted by molar-refractivity contribution is 7.02. The fourth-order valence-electron chi connectivity index (χ4n) is 8.07. The van der Waals surface area contributed by atoms with E-state index in [-0.39, 0.29) is 6.71 Å². The van der Waals surface area contributed by atoms with E-state index in [4.69, 9.17) is 9.47 Å². The number of nitrogens with zero attached hydrogens (tertiary/aromatic N) is 1. The molecule has 41 heavy (non-hydrogen) atoms. The number of ether oxygens (including phenoxy) is 2. The zero-order valence-electron chi connectivity index (χ0n) is 23.3.